The Morgan fingerprint density at radius 1 is 1.36 bits per heavy atom. The number of hydrogen-bond acceptors (Lipinski definition) is 2. The molecule has 0 amide bonds. The molecule has 6 heteroatoms. The van der Waals surface area contributed by atoms with E-state index in [-0.39, 0.29) is 12.9 Å². The van der Waals surface area contributed by atoms with E-state index in [1.807, 2.05) is 5.92 Å². The molecule has 1 saturated heterocycles. The van der Waals surface area contributed by atoms with Crippen molar-refractivity contribution in [2.24, 2.45) is 0 Å². The lowest BCUT2D eigenvalue weighted by Gasteiger charge is -2.21. The van der Waals surface area contributed by atoms with E-state index in [2.05, 4.69) is 0 Å². The maximum atomic E-state index is 11.6. The third kappa shape index (κ3) is 5.15. The molecule has 0 aromatic carbocycles. The van der Waals surface area contributed by atoms with Crippen molar-refractivity contribution in [3.63, 3.8) is 0 Å². The lowest BCUT2D eigenvalue weighted by molar-refractivity contribution is -0.154. The molecule has 1 unspecified atom stereocenters. The molecule has 1 fully saturated rings. The van der Waals surface area contributed by atoms with Crippen LogP contribution in [0, 0.1) is 11.7 Å². The number of hydrogen-bond donors (Lipinski definition) is 0. The minimum absolute atomic E-state index is 0.216. The van der Waals surface area contributed by atoms with E-state index < -0.39 is 6.98 Å². The van der Waals surface area contributed by atoms with Crippen molar-refractivity contribution in [1.29, 1.82) is 0 Å². The Morgan fingerprint density at radius 3 is 2.71 bits per heavy atom. The summed E-state index contributed by atoms with van der Waals surface area (Å²) < 4.78 is 45.0. The summed E-state index contributed by atoms with van der Waals surface area (Å²) in [5.74, 6) is 3.12. The Balaban J connectivity index is 2.16. The number of halogens is 3. The zero-order valence-corrected chi connectivity index (χ0v) is 7.64. The lowest BCUT2D eigenvalue weighted by Crippen LogP contribution is -2.22. The highest BCUT2D eigenvalue weighted by Crippen LogP contribution is 2.13. The fourth-order valence-electron chi connectivity index (χ4n) is 1.13. The van der Waals surface area contributed by atoms with E-state index in [0.29, 0.717) is 6.61 Å². The molecule has 2 nitrogen and oxygen atoms in total. The molecule has 0 aromatic heterocycles. The first-order valence-corrected chi connectivity index (χ1v) is 4.50. The second-order valence-corrected chi connectivity index (χ2v) is 3.00. The molecular formula is C8H11BF3O2-. The quantitative estimate of drug-likeness (QED) is 0.508. The fraction of sp³-hybridized carbons (Fsp3) is 0.750. The maximum absolute atomic E-state index is 11.6. The maximum Gasteiger partial charge on any atom is 0.557 e. The van der Waals surface area contributed by atoms with Gasteiger partial charge in [0, 0.05) is 6.61 Å². The summed E-state index contributed by atoms with van der Waals surface area (Å²) in [5, 5.41) is 0. The van der Waals surface area contributed by atoms with Gasteiger partial charge in [-0.2, -0.15) is 0 Å². The van der Waals surface area contributed by atoms with Crippen molar-refractivity contribution < 1.29 is 22.4 Å². The molecular weight excluding hydrogens is 196 g/mol. The monoisotopic (exact) mass is 207 g/mol. The van der Waals surface area contributed by atoms with Crippen molar-refractivity contribution in [2.75, 3.05) is 13.2 Å². The summed E-state index contributed by atoms with van der Waals surface area (Å²) in [6, 6.07) is 0. The summed E-state index contributed by atoms with van der Waals surface area (Å²) in [4.78, 5) is 0. The van der Waals surface area contributed by atoms with Crippen LogP contribution in [0.25, 0.3) is 0 Å². The van der Waals surface area contributed by atoms with Gasteiger partial charge in [0.25, 0.3) is 0 Å². The van der Waals surface area contributed by atoms with Gasteiger partial charge in [-0.15, -0.1) is 5.92 Å². The third-order valence-corrected chi connectivity index (χ3v) is 1.75. The molecule has 80 valence electrons. The lowest BCUT2D eigenvalue weighted by atomic mass is 9.94. The molecule has 0 aliphatic carbocycles. The Bertz CT molecular complexity index is 225. The van der Waals surface area contributed by atoms with Gasteiger partial charge in [0.15, 0.2) is 6.29 Å². The van der Waals surface area contributed by atoms with E-state index in [0.717, 1.165) is 19.3 Å². The predicted molar refractivity (Wildman–Crippen MR) is 46.4 cm³/mol. The van der Waals surface area contributed by atoms with E-state index in [9.17, 15) is 12.9 Å². The molecule has 0 spiro atoms. The van der Waals surface area contributed by atoms with Crippen LogP contribution in [0.4, 0.5) is 12.9 Å². The van der Waals surface area contributed by atoms with Gasteiger partial charge in [-0.1, -0.05) is 0 Å². The minimum atomic E-state index is -5.02. The second-order valence-electron chi connectivity index (χ2n) is 3.00. The molecule has 0 saturated carbocycles. The molecule has 0 aromatic rings. The highest BCUT2D eigenvalue weighted by molar-refractivity contribution is 6.67. The van der Waals surface area contributed by atoms with Crippen molar-refractivity contribution in [2.45, 2.75) is 25.6 Å². The predicted octanol–water partition coefficient (Wildman–Crippen LogP) is 1.92. The first-order chi connectivity index (χ1) is 6.58. The first-order valence-electron chi connectivity index (χ1n) is 4.50. The van der Waals surface area contributed by atoms with Crippen LogP contribution in [0.1, 0.15) is 19.3 Å². The van der Waals surface area contributed by atoms with Crippen LogP contribution in [0.15, 0.2) is 0 Å². The van der Waals surface area contributed by atoms with Gasteiger partial charge in [-0.3, -0.25) is 0 Å². The van der Waals surface area contributed by atoms with Gasteiger partial charge in [-0.05, 0) is 19.3 Å². The van der Waals surface area contributed by atoms with Gasteiger partial charge in [0.2, 0.25) is 0 Å². The molecule has 1 heterocycles. The Hall–Kier alpha value is -0.665. The second kappa shape index (κ2) is 5.27. The Labute approximate surface area is 80.8 Å². The third-order valence-electron chi connectivity index (χ3n) is 1.75. The van der Waals surface area contributed by atoms with Crippen LogP contribution in [0.3, 0.4) is 0 Å². The highest BCUT2D eigenvalue weighted by atomic mass is 19.4. The molecule has 1 aliphatic rings. The van der Waals surface area contributed by atoms with Gasteiger partial charge in [0.1, 0.15) is 6.61 Å². The van der Waals surface area contributed by atoms with Crippen molar-refractivity contribution in [3.05, 3.63) is 0 Å². The molecule has 0 N–H and O–H groups in total. The van der Waals surface area contributed by atoms with Crippen molar-refractivity contribution in [1.82, 2.24) is 0 Å². The van der Waals surface area contributed by atoms with Crippen molar-refractivity contribution in [3.8, 4) is 11.7 Å². The van der Waals surface area contributed by atoms with Crippen LogP contribution in [0.2, 0.25) is 0 Å². The van der Waals surface area contributed by atoms with E-state index >= 15 is 0 Å². The molecule has 1 atom stereocenters. The van der Waals surface area contributed by atoms with Crippen LogP contribution < -0.4 is 0 Å². The van der Waals surface area contributed by atoms with Gasteiger partial charge < -0.3 is 22.4 Å². The number of rotatable bonds is 2. The molecule has 0 bridgehead atoms. The molecule has 14 heavy (non-hydrogen) atoms. The standard InChI is InChI=1S/C8H11BF3O2/c10-9(11,12)5-3-7-14-8-4-1-2-6-13-8/h8H,1-2,4,6-7H2/q-1. The van der Waals surface area contributed by atoms with Gasteiger partial charge in [0.05, 0.1) is 0 Å². The largest absolute Gasteiger partial charge is 0.557 e. The molecule has 0 radical (unpaired) electrons. The van der Waals surface area contributed by atoms with Crippen LogP contribution in [-0.4, -0.2) is 26.5 Å². The van der Waals surface area contributed by atoms with Crippen LogP contribution in [0.5, 0.6) is 0 Å². The summed E-state index contributed by atoms with van der Waals surface area (Å²) in [6.07, 6.45) is 2.33. The zero-order chi connectivity index (χ0) is 10.4. The number of ether oxygens (including phenoxy) is 2. The smallest absolute Gasteiger partial charge is 0.438 e. The fourth-order valence-corrected chi connectivity index (χ4v) is 1.13. The highest BCUT2D eigenvalue weighted by Gasteiger charge is 2.18. The topological polar surface area (TPSA) is 18.5 Å². The average molecular weight is 207 g/mol. The summed E-state index contributed by atoms with van der Waals surface area (Å²) in [5.41, 5.74) is 0. The van der Waals surface area contributed by atoms with E-state index in [1.165, 1.54) is 5.82 Å². The summed E-state index contributed by atoms with van der Waals surface area (Å²) >= 11 is 0. The summed E-state index contributed by atoms with van der Waals surface area (Å²) in [6.45, 7) is -4.62. The van der Waals surface area contributed by atoms with Crippen LogP contribution >= 0.6 is 0 Å². The molecule has 1 rings (SSSR count). The Morgan fingerprint density at radius 2 is 2.14 bits per heavy atom. The SMILES string of the molecule is F[B-](F)(F)C#CCOC1CCCCO1. The van der Waals surface area contributed by atoms with Crippen molar-refractivity contribution >= 4 is 6.98 Å². The van der Waals surface area contributed by atoms with Crippen LogP contribution in [-0.2, 0) is 9.47 Å². The van der Waals surface area contributed by atoms with E-state index in [4.69, 9.17) is 9.47 Å². The first kappa shape index (κ1) is 11.4. The molecule has 1 aliphatic heterocycles. The van der Waals surface area contributed by atoms with E-state index in [1.54, 1.807) is 0 Å². The van der Waals surface area contributed by atoms with Gasteiger partial charge >= 0.3 is 6.98 Å². The Kier molecular flexibility index (Phi) is 4.30. The minimum Gasteiger partial charge on any atom is -0.438 e. The normalized spacial score (nSPS) is 22.6. The zero-order valence-electron chi connectivity index (χ0n) is 7.64. The average Bonchev–Trinajstić information content (AvgIpc) is 2.13. The van der Waals surface area contributed by atoms with Gasteiger partial charge in [-0.25, -0.2) is 5.82 Å². The summed E-state index contributed by atoms with van der Waals surface area (Å²) in [7, 11) is 0.